The Morgan fingerprint density at radius 1 is 1.54 bits per heavy atom. The van der Waals surface area contributed by atoms with Gasteiger partial charge in [0.15, 0.2) is 0 Å². The van der Waals surface area contributed by atoms with E-state index in [-0.39, 0.29) is 0 Å². The lowest BCUT2D eigenvalue weighted by atomic mass is 9.84. The molecule has 0 bridgehead atoms. The number of nitrogens with one attached hydrogen (secondary N) is 2. The van der Waals surface area contributed by atoms with Crippen molar-refractivity contribution >= 4 is 0 Å². The highest BCUT2D eigenvalue weighted by molar-refractivity contribution is 5.07. The molecule has 0 spiro atoms. The van der Waals surface area contributed by atoms with Crippen molar-refractivity contribution in [2.24, 2.45) is 5.41 Å². The standard InChI is InChI=1S/C11H20N2/c1-5-9(2)10-6-11(3,4)7-12-8-13-10/h10,12-13H,1,6-8H2,2-4H3. The van der Waals surface area contributed by atoms with Gasteiger partial charge < -0.3 is 5.32 Å². The molecule has 0 saturated carbocycles. The summed E-state index contributed by atoms with van der Waals surface area (Å²) in [5.41, 5.74) is 4.55. The lowest BCUT2D eigenvalue weighted by Crippen LogP contribution is -2.34. The van der Waals surface area contributed by atoms with Crippen molar-refractivity contribution in [1.29, 1.82) is 0 Å². The molecule has 0 radical (unpaired) electrons. The topological polar surface area (TPSA) is 24.1 Å². The van der Waals surface area contributed by atoms with Crippen LogP contribution in [-0.4, -0.2) is 19.3 Å². The second-order valence-corrected chi connectivity index (χ2v) is 4.59. The Labute approximate surface area is 81.1 Å². The Bertz CT molecular complexity index is 224. The molecule has 1 heterocycles. The predicted octanol–water partition coefficient (Wildman–Crippen LogP) is 1.65. The Hall–Kier alpha value is -0.560. The third-order valence-electron chi connectivity index (χ3n) is 2.64. The van der Waals surface area contributed by atoms with Crippen LogP contribution in [0.15, 0.2) is 17.9 Å². The van der Waals surface area contributed by atoms with Gasteiger partial charge in [-0.2, -0.15) is 0 Å². The van der Waals surface area contributed by atoms with Crippen LogP contribution in [0.1, 0.15) is 27.2 Å². The molecule has 0 aromatic heterocycles. The van der Waals surface area contributed by atoms with Gasteiger partial charge in [0, 0.05) is 19.3 Å². The third-order valence-corrected chi connectivity index (χ3v) is 2.64. The summed E-state index contributed by atoms with van der Waals surface area (Å²) < 4.78 is 0. The van der Waals surface area contributed by atoms with E-state index in [0.29, 0.717) is 11.5 Å². The van der Waals surface area contributed by atoms with E-state index in [9.17, 15) is 0 Å². The van der Waals surface area contributed by atoms with Gasteiger partial charge in [-0.25, -0.2) is 0 Å². The third kappa shape index (κ3) is 3.00. The highest BCUT2D eigenvalue weighted by Crippen LogP contribution is 2.25. The van der Waals surface area contributed by atoms with E-state index in [1.165, 1.54) is 5.57 Å². The van der Waals surface area contributed by atoms with Crippen LogP contribution in [0.3, 0.4) is 0 Å². The molecular weight excluding hydrogens is 160 g/mol. The first-order valence-corrected chi connectivity index (χ1v) is 4.86. The lowest BCUT2D eigenvalue weighted by molar-refractivity contribution is 0.323. The van der Waals surface area contributed by atoms with E-state index < -0.39 is 0 Å². The summed E-state index contributed by atoms with van der Waals surface area (Å²) in [6.45, 7) is 12.3. The largest absolute Gasteiger partial charge is 0.304 e. The summed E-state index contributed by atoms with van der Waals surface area (Å²) in [6, 6.07) is 0.433. The Balaban J connectivity index is 2.70. The quantitative estimate of drug-likeness (QED) is 0.600. The van der Waals surface area contributed by atoms with Gasteiger partial charge >= 0.3 is 0 Å². The van der Waals surface area contributed by atoms with E-state index >= 15 is 0 Å². The fourth-order valence-corrected chi connectivity index (χ4v) is 1.72. The van der Waals surface area contributed by atoms with Crippen molar-refractivity contribution in [2.45, 2.75) is 33.2 Å². The maximum absolute atomic E-state index is 3.69. The van der Waals surface area contributed by atoms with E-state index in [1.807, 2.05) is 0 Å². The van der Waals surface area contributed by atoms with Crippen molar-refractivity contribution in [2.75, 3.05) is 13.2 Å². The first-order chi connectivity index (χ1) is 6.05. The fourth-order valence-electron chi connectivity index (χ4n) is 1.72. The minimum atomic E-state index is 0.353. The maximum atomic E-state index is 3.69. The van der Waals surface area contributed by atoms with Gasteiger partial charge in [0.25, 0.3) is 0 Å². The fraction of sp³-hybridized carbons (Fsp3) is 0.727. The molecule has 0 aliphatic carbocycles. The van der Waals surface area contributed by atoms with Gasteiger partial charge in [0.05, 0.1) is 0 Å². The molecule has 1 unspecified atom stereocenters. The smallest absolute Gasteiger partial charge is 0.0459 e. The molecule has 74 valence electrons. The molecule has 1 fully saturated rings. The van der Waals surface area contributed by atoms with Crippen LogP contribution in [0.2, 0.25) is 0 Å². The van der Waals surface area contributed by atoms with Crippen molar-refractivity contribution < 1.29 is 0 Å². The molecule has 1 saturated heterocycles. The average molecular weight is 180 g/mol. The second kappa shape index (κ2) is 4.10. The van der Waals surface area contributed by atoms with Crippen LogP contribution >= 0.6 is 0 Å². The van der Waals surface area contributed by atoms with E-state index in [4.69, 9.17) is 0 Å². The molecule has 0 amide bonds. The summed E-state index contributed by atoms with van der Waals surface area (Å²) in [7, 11) is 0. The highest BCUT2D eigenvalue weighted by atomic mass is 15.1. The van der Waals surface area contributed by atoms with Crippen LogP contribution in [0, 0.1) is 5.41 Å². The van der Waals surface area contributed by atoms with Crippen LogP contribution < -0.4 is 10.6 Å². The molecule has 1 aliphatic rings. The average Bonchev–Trinajstić information content (AvgIpc) is 2.25. The zero-order valence-electron chi connectivity index (χ0n) is 8.91. The Kier molecular flexibility index (Phi) is 3.32. The molecule has 2 heteroatoms. The van der Waals surface area contributed by atoms with Gasteiger partial charge in [-0.1, -0.05) is 20.4 Å². The monoisotopic (exact) mass is 180 g/mol. The minimum Gasteiger partial charge on any atom is -0.304 e. The molecule has 1 rings (SSSR count). The van der Waals surface area contributed by atoms with Crippen molar-refractivity contribution in [3.05, 3.63) is 17.9 Å². The summed E-state index contributed by atoms with van der Waals surface area (Å²) in [5, 5.41) is 6.81. The first kappa shape index (κ1) is 10.5. The lowest BCUT2D eigenvalue weighted by Gasteiger charge is -2.25. The minimum absolute atomic E-state index is 0.353. The number of hydrogen-bond donors (Lipinski definition) is 2. The van der Waals surface area contributed by atoms with Gasteiger partial charge in [0.2, 0.25) is 0 Å². The van der Waals surface area contributed by atoms with Crippen LogP contribution in [0.5, 0.6) is 0 Å². The summed E-state index contributed by atoms with van der Waals surface area (Å²) >= 11 is 0. The van der Waals surface area contributed by atoms with Gasteiger partial charge in [-0.15, -0.1) is 5.73 Å². The van der Waals surface area contributed by atoms with Gasteiger partial charge in [0.1, 0.15) is 0 Å². The van der Waals surface area contributed by atoms with Gasteiger partial charge in [-0.3, -0.25) is 5.32 Å². The highest BCUT2D eigenvalue weighted by Gasteiger charge is 2.26. The van der Waals surface area contributed by atoms with Crippen LogP contribution in [0.25, 0.3) is 0 Å². The SMILES string of the molecule is C=C=C(C)C1CC(C)(C)CNCN1. The second-order valence-electron chi connectivity index (χ2n) is 4.59. The Morgan fingerprint density at radius 3 is 2.85 bits per heavy atom. The summed E-state index contributed by atoms with van der Waals surface area (Å²) in [6.07, 6.45) is 1.15. The molecule has 0 aromatic rings. The molecule has 2 N–H and O–H groups in total. The Morgan fingerprint density at radius 2 is 2.23 bits per heavy atom. The molecule has 0 aromatic carbocycles. The summed E-state index contributed by atoms with van der Waals surface area (Å²) in [4.78, 5) is 0. The molecule has 1 atom stereocenters. The predicted molar refractivity (Wildman–Crippen MR) is 56.5 cm³/mol. The zero-order valence-corrected chi connectivity index (χ0v) is 8.91. The molecule has 2 nitrogen and oxygen atoms in total. The molecule has 1 aliphatic heterocycles. The van der Waals surface area contributed by atoms with Gasteiger partial charge in [-0.05, 0) is 24.3 Å². The first-order valence-electron chi connectivity index (χ1n) is 4.86. The molecular formula is C11H20N2. The van der Waals surface area contributed by atoms with Crippen molar-refractivity contribution in [3.8, 4) is 0 Å². The number of rotatable bonds is 1. The number of hydrogen-bond acceptors (Lipinski definition) is 2. The normalized spacial score (nSPS) is 27.5. The van der Waals surface area contributed by atoms with E-state index in [1.54, 1.807) is 0 Å². The zero-order chi connectivity index (χ0) is 9.90. The van der Waals surface area contributed by atoms with E-state index in [2.05, 4.69) is 43.7 Å². The van der Waals surface area contributed by atoms with Crippen molar-refractivity contribution in [1.82, 2.24) is 10.6 Å². The van der Waals surface area contributed by atoms with Crippen LogP contribution in [0.4, 0.5) is 0 Å². The maximum Gasteiger partial charge on any atom is 0.0459 e. The summed E-state index contributed by atoms with van der Waals surface area (Å²) in [5.74, 6) is 0. The molecule has 13 heavy (non-hydrogen) atoms. The van der Waals surface area contributed by atoms with E-state index in [0.717, 1.165) is 19.6 Å². The van der Waals surface area contributed by atoms with Crippen molar-refractivity contribution in [3.63, 3.8) is 0 Å². The van der Waals surface area contributed by atoms with Crippen LogP contribution in [-0.2, 0) is 0 Å².